The molecule has 0 aromatic heterocycles. The zero-order chi connectivity index (χ0) is 16.9. The van der Waals surface area contributed by atoms with Crippen LogP contribution >= 0.6 is 11.6 Å². The van der Waals surface area contributed by atoms with Crippen LogP contribution in [-0.4, -0.2) is 31.2 Å². The molecule has 0 saturated heterocycles. The van der Waals surface area contributed by atoms with E-state index in [9.17, 15) is 9.59 Å². The highest BCUT2D eigenvalue weighted by Crippen LogP contribution is 2.31. The average Bonchev–Trinajstić information content (AvgIpc) is 2.59. The lowest BCUT2D eigenvalue weighted by atomic mass is 10.2. The average molecular weight is 344 g/mol. The molecule has 0 atom stereocenters. The summed E-state index contributed by atoms with van der Waals surface area (Å²) in [4.78, 5) is 25.4. The van der Waals surface area contributed by atoms with Crippen LogP contribution in [0, 0.1) is 0 Å². The monoisotopic (exact) mass is 343 g/mol. The molecule has 0 saturated carbocycles. The summed E-state index contributed by atoms with van der Waals surface area (Å²) in [6.45, 7) is -0.213. The van der Waals surface area contributed by atoms with Gasteiger partial charge in [-0.15, -0.1) is 0 Å². The Labute approximate surface area is 143 Å². The summed E-state index contributed by atoms with van der Waals surface area (Å²) < 4.78 is 5.33. The van der Waals surface area contributed by atoms with Crippen LogP contribution in [0.2, 0.25) is 5.02 Å². The third kappa shape index (κ3) is 3.72. The molecule has 0 spiro atoms. The largest absolute Gasteiger partial charge is 0.482 e. The maximum Gasteiger partial charge on any atom is 0.265 e. The van der Waals surface area contributed by atoms with Crippen LogP contribution in [0.25, 0.3) is 0 Å². The van der Waals surface area contributed by atoms with E-state index in [0.29, 0.717) is 16.5 Å². The van der Waals surface area contributed by atoms with Crippen molar-refractivity contribution in [1.29, 1.82) is 0 Å². The first kappa shape index (κ1) is 16.0. The lowest BCUT2D eigenvalue weighted by molar-refractivity contribution is -0.125. The Hall–Kier alpha value is -2.86. The Kier molecular flexibility index (Phi) is 4.77. The molecule has 1 heterocycles. The summed E-state index contributed by atoms with van der Waals surface area (Å²) in [5, 5.41) is 4.51. The lowest BCUT2D eigenvalue weighted by Gasteiger charge is -2.28. The van der Waals surface area contributed by atoms with Crippen LogP contribution in [0.1, 0.15) is 5.56 Å². The van der Waals surface area contributed by atoms with E-state index in [1.165, 1.54) is 11.1 Å². The number of fused-ring (bicyclic) bond motifs is 1. The first-order chi connectivity index (χ1) is 11.6. The number of halogens is 1. The summed E-state index contributed by atoms with van der Waals surface area (Å²) in [6, 6.07) is 14.1. The molecule has 122 valence electrons. The van der Waals surface area contributed by atoms with E-state index in [1.807, 2.05) is 6.07 Å². The van der Waals surface area contributed by atoms with Crippen LogP contribution in [0.15, 0.2) is 53.6 Å². The van der Waals surface area contributed by atoms with Gasteiger partial charge in [-0.1, -0.05) is 35.9 Å². The van der Waals surface area contributed by atoms with Gasteiger partial charge in [-0.3, -0.25) is 14.5 Å². The Balaban J connectivity index is 1.62. The molecule has 0 unspecified atom stereocenters. The number of carbonyl (C=O) groups is 2. The van der Waals surface area contributed by atoms with E-state index in [-0.39, 0.29) is 19.1 Å². The summed E-state index contributed by atoms with van der Waals surface area (Å²) in [5.41, 5.74) is 3.78. The molecular weight excluding hydrogens is 330 g/mol. The van der Waals surface area contributed by atoms with Gasteiger partial charge < -0.3 is 4.74 Å². The first-order valence-corrected chi connectivity index (χ1v) is 7.61. The van der Waals surface area contributed by atoms with Gasteiger partial charge in [-0.25, -0.2) is 5.43 Å². The Morgan fingerprint density at radius 3 is 2.79 bits per heavy atom. The van der Waals surface area contributed by atoms with Gasteiger partial charge in [-0.05, 0) is 29.8 Å². The van der Waals surface area contributed by atoms with Gasteiger partial charge in [-0.2, -0.15) is 5.10 Å². The quantitative estimate of drug-likeness (QED) is 0.683. The fraction of sp³-hybridized carbons (Fsp3) is 0.118. The summed E-state index contributed by atoms with van der Waals surface area (Å²) >= 11 is 5.80. The van der Waals surface area contributed by atoms with Gasteiger partial charge >= 0.3 is 0 Å². The molecule has 24 heavy (non-hydrogen) atoms. The first-order valence-electron chi connectivity index (χ1n) is 7.23. The van der Waals surface area contributed by atoms with Crippen LogP contribution in [0.3, 0.4) is 0 Å². The molecule has 1 N–H and O–H groups in total. The number of ether oxygens (including phenoxy) is 1. The van der Waals surface area contributed by atoms with E-state index < -0.39 is 5.91 Å². The Morgan fingerprint density at radius 2 is 2.00 bits per heavy atom. The van der Waals surface area contributed by atoms with Crippen molar-refractivity contribution < 1.29 is 14.3 Å². The van der Waals surface area contributed by atoms with Crippen LogP contribution in [0.4, 0.5) is 5.69 Å². The predicted octanol–water partition coefficient (Wildman–Crippen LogP) is 2.22. The second-order valence-electron chi connectivity index (χ2n) is 5.08. The predicted molar refractivity (Wildman–Crippen MR) is 91.5 cm³/mol. The van der Waals surface area contributed by atoms with Crippen LogP contribution in [-0.2, 0) is 9.59 Å². The second kappa shape index (κ2) is 7.14. The molecule has 1 aliphatic rings. The van der Waals surface area contributed by atoms with E-state index >= 15 is 0 Å². The number of amides is 2. The zero-order valence-electron chi connectivity index (χ0n) is 12.6. The minimum absolute atomic E-state index is 0.0850. The molecule has 0 radical (unpaired) electrons. The highest BCUT2D eigenvalue weighted by atomic mass is 35.5. The van der Waals surface area contributed by atoms with Crippen molar-refractivity contribution in [2.45, 2.75) is 0 Å². The van der Waals surface area contributed by atoms with E-state index in [4.69, 9.17) is 16.3 Å². The van der Waals surface area contributed by atoms with Crippen LogP contribution < -0.4 is 15.1 Å². The number of anilines is 1. The highest BCUT2D eigenvalue weighted by Gasteiger charge is 2.26. The van der Waals surface area contributed by atoms with E-state index in [2.05, 4.69) is 10.5 Å². The molecule has 7 heteroatoms. The molecule has 6 nitrogen and oxygen atoms in total. The number of para-hydroxylation sites is 2. The molecule has 0 aliphatic carbocycles. The zero-order valence-corrected chi connectivity index (χ0v) is 13.4. The standard InChI is InChI=1S/C17H14ClN3O3/c18-13-7-5-12(6-8-13)9-19-20-16(22)10-21-14-3-1-2-4-15(14)24-11-17(21)23/h1-9H,10-11H2,(H,20,22)/b19-9+. The van der Waals surface area contributed by atoms with Crippen molar-refractivity contribution >= 4 is 35.3 Å². The smallest absolute Gasteiger partial charge is 0.265 e. The fourth-order valence-electron chi connectivity index (χ4n) is 2.23. The molecule has 3 rings (SSSR count). The lowest BCUT2D eigenvalue weighted by Crippen LogP contribution is -2.44. The maximum absolute atomic E-state index is 12.0. The third-order valence-electron chi connectivity index (χ3n) is 3.38. The van der Waals surface area contributed by atoms with E-state index in [0.717, 1.165) is 5.56 Å². The molecule has 2 aromatic rings. The SMILES string of the molecule is O=C(CN1C(=O)COc2ccccc21)N/N=C/c1ccc(Cl)cc1. The van der Waals surface area contributed by atoms with Gasteiger partial charge in [0, 0.05) is 5.02 Å². The molecule has 0 fully saturated rings. The Bertz CT molecular complexity index is 790. The number of carbonyl (C=O) groups excluding carboxylic acids is 2. The minimum Gasteiger partial charge on any atom is -0.482 e. The Morgan fingerprint density at radius 1 is 1.25 bits per heavy atom. The number of rotatable bonds is 4. The van der Waals surface area contributed by atoms with E-state index in [1.54, 1.807) is 42.5 Å². The second-order valence-corrected chi connectivity index (χ2v) is 5.52. The maximum atomic E-state index is 12.0. The van der Waals surface area contributed by atoms with Gasteiger partial charge in [0.05, 0.1) is 11.9 Å². The fourth-order valence-corrected chi connectivity index (χ4v) is 2.36. The van der Waals surface area contributed by atoms with Crippen molar-refractivity contribution in [1.82, 2.24) is 5.43 Å². The summed E-state index contributed by atoms with van der Waals surface area (Å²) in [5.74, 6) is -0.0923. The van der Waals surface area contributed by atoms with Crippen molar-refractivity contribution in [2.75, 3.05) is 18.1 Å². The van der Waals surface area contributed by atoms with Gasteiger partial charge in [0.25, 0.3) is 11.8 Å². The number of hydrazone groups is 1. The molecule has 2 aromatic carbocycles. The minimum atomic E-state index is -0.398. The topological polar surface area (TPSA) is 71.0 Å². The van der Waals surface area contributed by atoms with Gasteiger partial charge in [0.2, 0.25) is 0 Å². The number of benzene rings is 2. The number of nitrogens with zero attached hydrogens (tertiary/aromatic N) is 2. The van der Waals surface area contributed by atoms with Crippen molar-refractivity contribution in [3.8, 4) is 5.75 Å². The molecule has 0 bridgehead atoms. The third-order valence-corrected chi connectivity index (χ3v) is 3.63. The van der Waals surface area contributed by atoms with Gasteiger partial charge in [0.15, 0.2) is 6.61 Å². The van der Waals surface area contributed by atoms with Crippen molar-refractivity contribution in [3.05, 3.63) is 59.1 Å². The van der Waals surface area contributed by atoms with Crippen LogP contribution in [0.5, 0.6) is 5.75 Å². The highest BCUT2D eigenvalue weighted by molar-refractivity contribution is 6.30. The molecular formula is C17H14ClN3O3. The summed E-state index contributed by atoms with van der Waals surface area (Å²) in [6.07, 6.45) is 1.50. The van der Waals surface area contributed by atoms with Crippen molar-refractivity contribution in [3.63, 3.8) is 0 Å². The molecule has 2 amide bonds. The normalized spacial score (nSPS) is 13.5. The number of nitrogens with one attached hydrogen (secondary N) is 1. The van der Waals surface area contributed by atoms with Gasteiger partial charge in [0.1, 0.15) is 12.3 Å². The van der Waals surface area contributed by atoms with Crippen molar-refractivity contribution in [2.24, 2.45) is 5.10 Å². The number of hydrogen-bond donors (Lipinski definition) is 1. The number of hydrogen-bond acceptors (Lipinski definition) is 4. The molecule has 1 aliphatic heterocycles. The summed E-state index contributed by atoms with van der Waals surface area (Å²) in [7, 11) is 0.